The summed E-state index contributed by atoms with van der Waals surface area (Å²) >= 11 is 0. The third-order valence-corrected chi connectivity index (χ3v) is 3.22. The molecule has 21 heavy (non-hydrogen) atoms. The van der Waals surface area contributed by atoms with Crippen LogP contribution in [0.1, 0.15) is 40.5 Å². The lowest BCUT2D eigenvalue weighted by molar-refractivity contribution is -0.118. The van der Waals surface area contributed by atoms with E-state index in [9.17, 15) is 4.79 Å². The van der Waals surface area contributed by atoms with Crippen LogP contribution in [0.2, 0.25) is 0 Å². The van der Waals surface area contributed by atoms with E-state index in [1.807, 2.05) is 0 Å². The Kier molecular flexibility index (Phi) is 11.6. The highest BCUT2D eigenvalue weighted by molar-refractivity contribution is 5.72. The number of rotatable bonds is 6. The molecule has 1 N–H and O–H groups in total. The highest BCUT2D eigenvalue weighted by atomic mass is 16.5. The van der Waals surface area contributed by atoms with E-state index < -0.39 is 0 Å². The maximum absolute atomic E-state index is 9.70. The van der Waals surface area contributed by atoms with Gasteiger partial charge in [0, 0.05) is 40.2 Å². The van der Waals surface area contributed by atoms with E-state index in [-0.39, 0.29) is 5.91 Å². The molecule has 1 rings (SSSR count). The van der Waals surface area contributed by atoms with Crippen LogP contribution in [0, 0.1) is 5.41 Å². The lowest BCUT2D eigenvalue weighted by Gasteiger charge is -2.26. The van der Waals surface area contributed by atoms with Crippen molar-refractivity contribution in [1.29, 1.82) is 0 Å². The molecule has 0 aromatic carbocycles. The molecule has 5 nitrogen and oxygen atoms in total. The van der Waals surface area contributed by atoms with Gasteiger partial charge in [0.25, 0.3) is 0 Å². The van der Waals surface area contributed by atoms with Crippen molar-refractivity contribution in [3.8, 4) is 0 Å². The van der Waals surface area contributed by atoms with E-state index in [0.717, 1.165) is 46.1 Å². The second kappa shape index (κ2) is 12.0. The fraction of sp³-hybridized carbons (Fsp3) is 0.938. The number of carbonyl (C=O) groups is 1. The van der Waals surface area contributed by atoms with Crippen molar-refractivity contribution in [1.82, 2.24) is 10.2 Å². The Bertz CT molecular complexity index is 259. The summed E-state index contributed by atoms with van der Waals surface area (Å²) in [5.41, 5.74) is 0.438. The van der Waals surface area contributed by atoms with Crippen LogP contribution in [0.5, 0.6) is 0 Å². The molecule has 0 aliphatic carbocycles. The van der Waals surface area contributed by atoms with Gasteiger partial charge in [0.2, 0.25) is 5.91 Å². The first kappa shape index (κ1) is 20.3. The first-order chi connectivity index (χ1) is 9.85. The minimum atomic E-state index is 0.00463. The zero-order valence-electron chi connectivity index (χ0n) is 14.5. The van der Waals surface area contributed by atoms with Gasteiger partial charge in [-0.3, -0.25) is 9.69 Å². The molecular weight excluding hydrogens is 268 g/mol. The van der Waals surface area contributed by atoms with Gasteiger partial charge in [-0.25, -0.2) is 0 Å². The van der Waals surface area contributed by atoms with Crippen LogP contribution < -0.4 is 5.32 Å². The van der Waals surface area contributed by atoms with Crippen LogP contribution in [-0.2, 0) is 14.3 Å². The van der Waals surface area contributed by atoms with Crippen LogP contribution in [-0.4, -0.2) is 63.9 Å². The van der Waals surface area contributed by atoms with Gasteiger partial charge < -0.3 is 14.8 Å². The predicted molar refractivity (Wildman–Crippen MR) is 86.5 cm³/mol. The van der Waals surface area contributed by atoms with Crippen molar-refractivity contribution in [2.24, 2.45) is 5.41 Å². The Hall–Kier alpha value is -0.650. The van der Waals surface area contributed by atoms with E-state index in [1.165, 1.54) is 19.8 Å². The van der Waals surface area contributed by atoms with Crippen molar-refractivity contribution >= 4 is 5.91 Å². The summed E-state index contributed by atoms with van der Waals surface area (Å²) in [5.74, 6) is 0.00463. The minimum absolute atomic E-state index is 0.00463. The van der Waals surface area contributed by atoms with Crippen LogP contribution in [0.4, 0.5) is 0 Å². The van der Waals surface area contributed by atoms with Gasteiger partial charge in [0.05, 0.1) is 19.8 Å². The average Bonchev–Trinajstić information content (AvgIpc) is 2.43. The molecule has 1 aliphatic rings. The van der Waals surface area contributed by atoms with Crippen LogP contribution in [0.15, 0.2) is 0 Å². The summed E-state index contributed by atoms with van der Waals surface area (Å²) in [6.45, 7) is 15.0. The van der Waals surface area contributed by atoms with E-state index in [1.54, 1.807) is 7.05 Å². The van der Waals surface area contributed by atoms with Gasteiger partial charge >= 0.3 is 0 Å². The zero-order chi connectivity index (χ0) is 16.1. The van der Waals surface area contributed by atoms with Gasteiger partial charge in [0.1, 0.15) is 0 Å². The van der Waals surface area contributed by atoms with Gasteiger partial charge in [-0.15, -0.1) is 0 Å². The topological polar surface area (TPSA) is 50.8 Å². The zero-order valence-corrected chi connectivity index (χ0v) is 14.5. The van der Waals surface area contributed by atoms with Crippen molar-refractivity contribution in [3.63, 3.8) is 0 Å². The minimum Gasteiger partial charge on any atom is -0.380 e. The molecule has 1 heterocycles. The molecule has 1 amide bonds. The van der Waals surface area contributed by atoms with E-state index >= 15 is 0 Å². The summed E-state index contributed by atoms with van der Waals surface area (Å²) in [6.07, 6.45) is 2.41. The molecule has 0 aromatic rings. The van der Waals surface area contributed by atoms with Crippen molar-refractivity contribution in [2.75, 3.05) is 53.1 Å². The Labute approximate surface area is 130 Å². The third kappa shape index (κ3) is 15.6. The normalized spacial score (nSPS) is 16.0. The Morgan fingerprint density at radius 1 is 1.24 bits per heavy atom. The van der Waals surface area contributed by atoms with Gasteiger partial charge in [-0.2, -0.15) is 0 Å². The van der Waals surface area contributed by atoms with Crippen LogP contribution >= 0.6 is 0 Å². The number of morpholine rings is 1. The van der Waals surface area contributed by atoms with Crippen LogP contribution in [0.25, 0.3) is 0 Å². The molecule has 1 saturated heterocycles. The Balaban J connectivity index is 0.000000690. The fourth-order valence-electron chi connectivity index (χ4n) is 1.83. The van der Waals surface area contributed by atoms with Crippen molar-refractivity contribution in [2.45, 2.75) is 40.5 Å². The van der Waals surface area contributed by atoms with Gasteiger partial charge in [0.15, 0.2) is 0 Å². The SMILES string of the molecule is CC(C)(C)CCCOCCN1CCOCC1.CNC(C)=O. The highest BCUT2D eigenvalue weighted by Crippen LogP contribution is 2.20. The number of amides is 1. The smallest absolute Gasteiger partial charge is 0.216 e. The van der Waals surface area contributed by atoms with Crippen molar-refractivity contribution < 1.29 is 14.3 Å². The monoisotopic (exact) mass is 302 g/mol. The summed E-state index contributed by atoms with van der Waals surface area (Å²) in [6, 6.07) is 0. The summed E-state index contributed by atoms with van der Waals surface area (Å²) in [5, 5.41) is 2.39. The molecule has 5 heteroatoms. The fourth-order valence-corrected chi connectivity index (χ4v) is 1.83. The molecule has 0 spiro atoms. The molecule has 1 fully saturated rings. The second-order valence-electron chi connectivity index (χ2n) is 6.54. The van der Waals surface area contributed by atoms with E-state index in [2.05, 4.69) is 31.0 Å². The number of nitrogens with one attached hydrogen (secondary N) is 1. The van der Waals surface area contributed by atoms with E-state index in [0.29, 0.717) is 5.41 Å². The third-order valence-electron chi connectivity index (χ3n) is 3.22. The molecule has 126 valence electrons. The summed E-state index contributed by atoms with van der Waals surface area (Å²) < 4.78 is 10.9. The summed E-state index contributed by atoms with van der Waals surface area (Å²) in [4.78, 5) is 12.1. The second-order valence-corrected chi connectivity index (χ2v) is 6.54. The lowest BCUT2D eigenvalue weighted by atomic mass is 9.91. The molecule has 0 unspecified atom stereocenters. The number of nitrogens with zero attached hydrogens (tertiary/aromatic N) is 1. The van der Waals surface area contributed by atoms with Crippen LogP contribution in [0.3, 0.4) is 0 Å². The molecule has 0 saturated carbocycles. The molecule has 0 radical (unpaired) electrons. The van der Waals surface area contributed by atoms with Gasteiger partial charge in [-0.1, -0.05) is 20.8 Å². The number of ether oxygens (including phenoxy) is 2. The number of hydrogen-bond donors (Lipinski definition) is 1. The highest BCUT2D eigenvalue weighted by Gasteiger charge is 2.10. The lowest BCUT2D eigenvalue weighted by Crippen LogP contribution is -2.38. The molecule has 0 bridgehead atoms. The van der Waals surface area contributed by atoms with E-state index in [4.69, 9.17) is 9.47 Å². The quantitative estimate of drug-likeness (QED) is 0.762. The predicted octanol–water partition coefficient (Wildman–Crippen LogP) is 1.91. The summed E-state index contributed by atoms with van der Waals surface area (Å²) in [7, 11) is 1.60. The maximum Gasteiger partial charge on any atom is 0.216 e. The maximum atomic E-state index is 9.70. The Morgan fingerprint density at radius 3 is 2.29 bits per heavy atom. The number of hydrogen-bond acceptors (Lipinski definition) is 4. The molecule has 1 aliphatic heterocycles. The molecular formula is C16H34N2O3. The van der Waals surface area contributed by atoms with Crippen molar-refractivity contribution in [3.05, 3.63) is 0 Å². The van der Waals surface area contributed by atoms with Gasteiger partial charge in [-0.05, 0) is 18.3 Å². The first-order valence-electron chi connectivity index (χ1n) is 7.91. The average molecular weight is 302 g/mol. The Morgan fingerprint density at radius 2 is 1.81 bits per heavy atom. The molecule has 0 aromatic heterocycles. The number of carbonyl (C=O) groups excluding carboxylic acids is 1. The largest absolute Gasteiger partial charge is 0.380 e. The first-order valence-corrected chi connectivity index (χ1v) is 7.91. The standard InChI is InChI=1S/C13H27NO2.C3H7NO/c1-13(2,3)5-4-9-15-10-6-14-7-11-16-12-8-14;1-3(5)4-2/h4-12H2,1-3H3;1-2H3,(H,4,5). The molecule has 0 atom stereocenters.